The second-order valence-corrected chi connectivity index (χ2v) is 2.87. The van der Waals surface area contributed by atoms with E-state index >= 15 is 0 Å². The molecular weight excluding hydrogens is 181 g/mol. The van der Waals surface area contributed by atoms with Crippen molar-refractivity contribution in [1.29, 1.82) is 0 Å². The van der Waals surface area contributed by atoms with E-state index in [0.717, 1.165) is 6.20 Å². The van der Waals surface area contributed by atoms with Crippen LogP contribution in [0.2, 0.25) is 0 Å². The molecule has 0 aliphatic carbocycles. The molecule has 50 valence electrons. The fourth-order valence-electron chi connectivity index (χ4n) is 0.390. The molecule has 0 spiro atoms. The molecule has 1 heterocycles. The minimum absolute atomic E-state index is 0. The van der Waals surface area contributed by atoms with Gasteiger partial charge in [0.05, 0.1) is 12.5 Å². The minimum Gasteiger partial charge on any atom is -0.558 e. The van der Waals surface area contributed by atoms with Gasteiger partial charge in [-0.2, -0.15) is 0 Å². The van der Waals surface area contributed by atoms with Gasteiger partial charge >= 0.3 is 51.4 Å². The molecule has 0 saturated carbocycles. The zero-order valence-electron chi connectivity index (χ0n) is 5.33. The molecule has 0 bridgehead atoms. The summed E-state index contributed by atoms with van der Waals surface area (Å²) in [6, 6.07) is 0. The summed E-state index contributed by atoms with van der Waals surface area (Å²) in [4.78, 5) is 5.72. The number of imidazole rings is 1. The van der Waals surface area contributed by atoms with Crippen molar-refractivity contribution in [2.75, 3.05) is 0 Å². The fraction of sp³-hybridized carbons (Fsp3) is 0. The zero-order chi connectivity index (χ0) is 6.91. The molecule has 1 aromatic rings. The molecule has 0 unspecified atom stereocenters. The van der Waals surface area contributed by atoms with Crippen molar-refractivity contribution in [3.63, 3.8) is 0 Å². The number of nitrogens with one attached hydrogen (secondary N) is 2. The van der Waals surface area contributed by atoms with Crippen LogP contribution in [0.15, 0.2) is 17.6 Å². The number of H-pyrrole nitrogens is 1. The Hall–Kier alpha value is 0.756. The molecule has 0 aromatic carbocycles. The van der Waals surface area contributed by atoms with Gasteiger partial charge < -0.3 is 10.1 Å². The van der Waals surface area contributed by atoms with Gasteiger partial charge in [0.15, 0.2) is 0 Å². The Kier molecular flexibility index (Phi) is 4.25. The molecule has 1 aromatic heterocycles. The van der Waals surface area contributed by atoms with Gasteiger partial charge in [-0.1, -0.05) is 0 Å². The quantitative estimate of drug-likeness (QED) is 0.478. The maximum Gasteiger partial charge on any atom is 1.00 e. The van der Waals surface area contributed by atoms with E-state index in [-0.39, 0.29) is 56.4 Å². The van der Waals surface area contributed by atoms with E-state index in [1.165, 1.54) is 6.33 Å². The van der Waals surface area contributed by atoms with Gasteiger partial charge in [-0.3, -0.25) is 0 Å². The van der Waals surface area contributed by atoms with Gasteiger partial charge in [0.2, 0.25) is 0 Å². The summed E-state index contributed by atoms with van der Waals surface area (Å²) in [6.45, 7) is 0. The number of sulfonamides is 1. The van der Waals surface area contributed by atoms with Gasteiger partial charge in [-0.15, -0.1) is 0 Å². The third-order valence-electron chi connectivity index (χ3n) is 0.763. The SMILES string of the molecule is [K+].[NH-]S(=O)(=O)c1cnc[nH]1. The number of hydrogen-bond donors (Lipinski definition) is 1. The summed E-state index contributed by atoms with van der Waals surface area (Å²) >= 11 is 0. The molecule has 10 heavy (non-hydrogen) atoms. The van der Waals surface area contributed by atoms with E-state index in [1.807, 2.05) is 0 Å². The van der Waals surface area contributed by atoms with Crippen LogP contribution < -0.4 is 51.4 Å². The Labute approximate surface area is 101 Å². The Bertz CT molecular complexity index is 279. The van der Waals surface area contributed by atoms with Gasteiger partial charge in [0.25, 0.3) is 0 Å². The molecule has 0 amide bonds. The smallest absolute Gasteiger partial charge is 0.558 e. The summed E-state index contributed by atoms with van der Waals surface area (Å²) in [7, 11) is -3.83. The van der Waals surface area contributed by atoms with E-state index < -0.39 is 10.0 Å². The molecule has 5 nitrogen and oxygen atoms in total. The van der Waals surface area contributed by atoms with Crippen LogP contribution in [0.1, 0.15) is 0 Å². The van der Waals surface area contributed by atoms with Crippen molar-refractivity contribution < 1.29 is 59.8 Å². The molecule has 0 atom stereocenters. The normalized spacial score (nSPS) is 10.5. The van der Waals surface area contributed by atoms with Gasteiger partial charge in [0.1, 0.15) is 15.0 Å². The van der Waals surface area contributed by atoms with Crippen LogP contribution in [0.4, 0.5) is 0 Å². The van der Waals surface area contributed by atoms with Gasteiger partial charge in [0, 0.05) is 0 Å². The summed E-state index contributed by atoms with van der Waals surface area (Å²) in [5, 5.41) is 6.31. The molecule has 0 aliphatic heterocycles. The fourth-order valence-corrected chi connectivity index (χ4v) is 0.798. The van der Waals surface area contributed by atoms with Crippen molar-refractivity contribution in [3.8, 4) is 0 Å². The first kappa shape index (κ1) is 10.8. The van der Waals surface area contributed by atoms with E-state index in [4.69, 9.17) is 5.14 Å². The molecule has 0 saturated heterocycles. The summed E-state index contributed by atoms with van der Waals surface area (Å²) < 4.78 is 20.6. The molecule has 2 N–H and O–H groups in total. The van der Waals surface area contributed by atoms with E-state index in [1.54, 1.807) is 0 Å². The molecule has 7 heteroatoms. The summed E-state index contributed by atoms with van der Waals surface area (Å²) in [6.07, 6.45) is 2.30. The van der Waals surface area contributed by atoms with Crippen LogP contribution in [0.5, 0.6) is 0 Å². The first-order valence-corrected chi connectivity index (χ1v) is 3.57. The second kappa shape index (κ2) is 3.95. The van der Waals surface area contributed by atoms with Gasteiger partial charge in [-0.25, -0.2) is 13.4 Å². The Morgan fingerprint density at radius 2 is 2.20 bits per heavy atom. The zero-order valence-corrected chi connectivity index (χ0v) is 9.27. The maximum absolute atomic E-state index is 10.3. The Morgan fingerprint density at radius 3 is 2.40 bits per heavy atom. The van der Waals surface area contributed by atoms with E-state index in [9.17, 15) is 8.42 Å². The van der Waals surface area contributed by atoms with Crippen LogP contribution >= 0.6 is 0 Å². The minimum atomic E-state index is -3.83. The van der Waals surface area contributed by atoms with E-state index in [2.05, 4.69) is 9.97 Å². The van der Waals surface area contributed by atoms with Crippen molar-refractivity contribution in [3.05, 3.63) is 17.7 Å². The van der Waals surface area contributed by atoms with Gasteiger partial charge in [-0.05, 0) is 0 Å². The van der Waals surface area contributed by atoms with E-state index in [0.29, 0.717) is 0 Å². The van der Waals surface area contributed by atoms with Crippen molar-refractivity contribution >= 4 is 10.0 Å². The predicted octanol–water partition coefficient (Wildman–Crippen LogP) is -2.85. The molecular formula is C3H4KN3O2S. The predicted molar refractivity (Wildman–Crippen MR) is 30.1 cm³/mol. The Morgan fingerprint density at radius 1 is 1.60 bits per heavy atom. The van der Waals surface area contributed by atoms with Crippen LogP contribution in [-0.4, -0.2) is 18.4 Å². The molecule has 1 rings (SSSR count). The summed E-state index contributed by atoms with van der Waals surface area (Å²) in [5.41, 5.74) is 0. The average molecular weight is 185 g/mol. The number of aromatic nitrogens is 2. The molecule has 0 fully saturated rings. The average Bonchev–Trinajstić information content (AvgIpc) is 2.08. The third-order valence-corrected chi connectivity index (χ3v) is 1.56. The number of hydrogen-bond acceptors (Lipinski definition) is 3. The molecule has 0 aliphatic rings. The van der Waals surface area contributed by atoms with Crippen LogP contribution in [0.3, 0.4) is 0 Å². The second-order valence-electron chi connectivity index (χ2n) is 1.42. The maximum atomic E-state index is 10.3. The van der Waals surface area contributed by atoms with Crippen LogP contribution in [0, 0.1) is 0 Å². The monoisotopic (exact) mass is 185 g/mol. The number of aromatic amines is 1. The van der Waals surface area contributed by atoms with Crippen molar-refractivity contribution in [2.24, 2.45) is 0 Å². The molecule has 0 radical (unpaired) electrons. The Balaban J connectivity index is 0.000000810. The van der Waals surface area contributed by atoms with Crippen molar-refractivity contribution in [2.45, 2.75) is 5.03 Å². The topological polar surface area (TPSA) is 86.6 Å². The largest absolute Gasteiger partial charge is 1.00 e. The first-order chi connectivity index (χ1) is 4.11. The number of nitrogens with zero attached hydrogens (tertiary/aromatic N) is 1. The van der Waals surface area contributed by atoms with Crippen LogP contribution in [-0.2, 0) is 10.0 Å². The standard InChI is InChI=1S/C3H4N3O2S.K/c4-9(7,8)3-1-5-2-6-3;/h1-2H,(H2-,4,5,6,7,8);/q-1;+1. The first-order valence-electron chi connectivity index (χ1n) is 2.09. The summed E-state index contributed by atoms with van der Waals surface area (Å²) in [5.74, 6) is 0. The van der Waals surface area contributed by atoms with Crippen molar-refractivity contribution in [1.82, 2.24) is 9.97 Å². The third kappa shape index (κ3) is 2.78. The van der Waals surface area contributed by atoms with Crippen LogP contribution in [0.25, 0.3) is 5.14 Å². The number of rotatable bonds is 1.